The van der Waals surface area contributed by atoms with E-state index in [4.69, 9.17) is 0 Å². The van der Waals surface area contributed by atoms with E-state index in [0.717, 1.165) is 37.7 Å². The van der Waals surface area contributed by atoms with Crippen LogP contribution in [0, 0.1) is 11.8 Å². The van der Waals surface area contributed by atoms with Crippen LogP contribution in [-0.2, 0) is 20.9 Å². The highest BCUT2D eigenvalue weighted by Gasteiger charge is 2.74. The van der Waals surface area contributed by atoms with Crippen LogP contribution in [0.4, 0.5) is 0 Å². The lowest BCUT2D eigenvalue weighted by molar-refractivity contribution is -0.142. The van der Waals surface area contributed by atoms with Crippen molar-refractivity contribution in [2.75, 3.05) is 13.2 Å². The normalized spacial score (nSPS) is 30.3. The molecular formula is C26H37N3O4S. The Hall–Kier alpha value is -2.06. The number of likely N-dealkylation sites (tertiary alicyclic amines) is 1. The molecule has 2 unspecified atom stereocenters. The first kappa shape index (κ1) is 25.0. The number of hydrogen-bond acceptors (Lipinski definition) is 5. The molecule has 3 amide bonds. The van der Waals surface area contributed by atoms with Crippen molar-refractivity contribution in [2.24, 2.45) is 11.8 Å². The van der Waals surface area contributed by atoms with E-state index in [1.807, 2.05) is 37.3 Å². The molecule has 0 radical (unpaired) electrons. The first-order valence-corrected chi connectivity index (χ1v) is 13.6. The number of aliphatic hydroxyl groups is 1. The van der Waals surface area contributed by atoms with Gasteiger partial charge in [-0.3, -0.25) is 14.4 Å². The molecule has 34 heavy (non-hydrogen) atoms. The average Bonchev–Trinajstić information content (AvgIpc) is 3.49. The van der Waals surface area contributed by atoms with Crippen molar-refractivity contribution in [3.05, 3.63) is 35.9 Å². The van der Waals surface area contributed by atoms with Gasteiger partial charge in [-0.2, -0.15) is 0 Å². The Bertz CT molecular complexity index is 893. The molecule has 3 N–H and O–H groups in total. The van der Waals surface area contributed by atoms with Crippen molar-refractivity contribution in [1.82, 2.24) is 15.5 Å². The van der Waals surface area contributed by atoms with Crippen LogP contribution in [0.3, 0.4) is 0 Å². The van der Waals surface area contributed by atoms with E-state index in [0.29, 0.717) is 19.5 Å². The summed E-state index contributed by atoms with van der Waals surface area (Å²) in [6.07, 6.45) is 5.13. The predicted octanol–water partition coefficient (Wildman–Crippen LogP) is 2.47. The second-order valence-corrected chi connectivity index (χ2v) is 11.3. The molecule has 7 nitrogen and oxygen atoms in total. The molecular weight excluding hydrogens is 450 g/mol. The largest absolute Gasteiger partial charge is 0.394 e. The third-order valence-corrected chi connectivity index (χ3v) is 9.71. The van der Waals surface area contributed by atoms with Gasteiger partial charge in [0.25, 0.3) is 0 Å². The quantitative estimate of drug-likeness (QED) is 0.417. The fraction of sp³-hybridized carbons (Fsp3) is 0.654. The van der Waals surface area contributed by atoms with Gasteiger partial charge in [0.2, 0.25) is 17.7 Å². The number of carbonyl (C=O) groups is 3. The van der Waals surface area contributed by atoms with Crippen LogP contribution in [0.25, 0.3) is 0 Å². The number of unbranched alkanes of at least 4 members (excludes halogenated alkanes) is 2. The number of fused-ring (bicyclic) bond motifs is 1. The Labute approximate surface area is 206 Å². The van der Waals surface area contributed by atoms with Gasteiger partial charge in [-0.1, -0.05) is 57.0 Å². The van der Waals surface area contributed by atoms with Gasteiger partial charge in [-0.15, -0.1) is 11.8 Å². The maximum atomic E-state index is 13.9. The van der Waals surface area contributed by atoms with Gasteiger partial charge in [0.05, 0.1) is 29.2 Å². The summed E-state index contributed by atoms with van der Waals surface area (Å²) in [7, 11) is 0. The number of aliphatic hydroxyl groups excluding tert-OH is 1. The second kappa shape index (κ2) is 10.7. The van der Waals surface area contributed by atoms with Crippen molar-refractivity contribution in [3.63, 3.8) is 0 Å². The lowest BCUT2D eigenvalue weighted by atomic mass is 9.70. The molecule has 8 heteroatoms. The molecule has 186 valence electrons. The summed E-state index contributed by atoms with van der Waals surface area (Å²) >= 11 is 1.67. The van der Waals surface area contributed by atoms with E-state index in [9.17, 15) is 19.5 Å². The molecule has 4 rings (SSSR count). The highest BCUT2D eigenvalue weighted by molar-refractivity contribution is 8.02. The van der Waals surface area contributed by atoms with Gasteiger partial charge in [-0.25, -0.2) is 0 Å². The summed E-state index contributed by atoms with van der Waals surface area (Å²) in [6, 6.07) is 8.67. The van der Waals surface area contributed by atoms with Crippen molar-refractivity contribution in [1.29, 1.82) is 0 Å². The van der Waals surface area contributed by atoms with Crippen LogP contribution in [0.15, 0.2) is 30.3 Å². The number of hydrogen-bond donors (Lipinski definition) is 3. The Balaban J connectivity index is 1.58. The fourth-order valence-corrected chi connectivity index (χ4v) is 8.29. The second-order valence-electron chi connectivity index (χ2n) is 9.75. The topological polar surface area (TPSA) is 98.7 Å². The van der Waals surface area contributed by atoms with Gasteiger partial charge in [0.15, 0.2) is 0 Å². The summed E-state index contributed by atoms with van der Waals surface area (Å²) in [5.74, 6) is -1.38. The van der Waals surface area contributed by atoms with Crippen LogP contribution in [0.5, 0.6) is 0 Å². The zero-order valence-electron chi connectivity index (χ0n) is 20.2. The maximum Gasteiger partial charge on any atom is 0.244 e. The SMILES string of the molecule is CCCCCNC(=O)C1N([C@@H](CC)CO)C(=O)[C@@H]2[C@@H](C(=O)NCc3ccccc3)[C@H]3CCC12S3. The number of nitrogens with zero attached hydrogens (tertiary/aromatic N) is 1. The van der Waals surface area contributed by atoms with Crippen LogP contribution in [0.2, 0.25) is 0 Å². The highest BCUT2D eigenvalue weighted by Crippen LogP contribution is 2.66. The van der Waals surface area contributed by atoms with E-state index < -0.39 is 28.7 Å². The molecule has 1 spiro atoms. The first-order chi connectivity index (χ1) is 16.5. The van der Waals surface area contributed by atoms with Crippen molar-refractivity contribution in [2.45, 2.75) is 81.0 Å². The number of benzene rings is 1. The number of carbonyl (C=O) groups excluding carboxylic acids is 3. The number of thioether (sulfide) groups is 1. The van der Waals surface area contributed by atoms with Gasteiger partial charge in [-0.05, 0) is 31.2 Å². The maximum absolute atomic E-state index is 13.9. The summed E-state index contributed by atoms with van der Waals surface area (Å²) in [5, 5.41) is 16.2. The number of rotatable bonds is 11. The van der Waals surface area contributed by atoms with E-state index >= 15 is 0 Å². The minimum atomic E-state index is -0.648. The molecule has 3 aliphatic heterocycles. The Morgan fingerprint density at radius 2 is 1.94 bits per heavy atom. The Kier molecular flexibility index (Phi) is 7.87. The summed E-state index contributed by atoms with van der Waals surface area (Å²) in [5.41, 5.74) is 1.01. The van der Waals surface area contributed by atoms with E-state index in [1.54, 1.807) is 16.7 Å². The van der Waals surface area contributed by atoms with E-state index in [-0.39, 0.29) is 29.6 Å². The van der Waals surface area contributed by atoms with Gasteiger partial charge >= 0.3 is 0 Å². The molecule has 3 aliphatic rings. The molecule has 1 aromatic rings. The molecule has 0 aromatic heterocycles. The minimum Gasteiger partial charge on any atom is -0.394 e. The van der Waals surface area contributed by atoms with Crippen LogP contribution in [-0.4, -0.2) is 63.0 Å². The highest BCUT2D eigenvalue weighted by atomic mass is 32.2. The average molecular weight is 488 g/mol. The third-order valence-electron chi connectivity index (χ3n) is 7.75. The Morgan fingerprint density at radius 3 is 2.62 bits per heavy atom. The molecule has 3 saturated heterocycles. The molecule has 2 bridgehead atoms. The smallest absolute Gasteiger partial charge is 0.244 e. The van der Waals surface area contributed by atoms with Crippen molar-refractivity contribution in [3.8, 4) is 0 Å². The molecule has 3 fully saturated rings. The predicted molar refractivity (Wildman–Crippen MR) is 133 cm³/mol. The lowest BCUT2D eigenvalue weighted by Gasteiger charge is -2.36. The number of amides is 3. The van der Waals surface area contributed by atoms with Crippen molar-refractivity contribution >= 4 is 29.5 Å². The van der Waals surface area contributed by atoms with Crippen LogP contribution < -0.4 is 10.6 Å². The van der Waals surface area contributed by atoms with Gasteiger partial charge < -0.3 is 20.6 Å². The van der Waals surface area contributed by atoms with E-state index in [2.05, 4.69) is 17.6 Å². The molecule has 6 atom stereocenters. The fourth-order valence-electron chi connectivity index (χ4n) is 6.08. The standard InChI is InChI=1S/C26H37N3O4S/c1-3-5-9-14-27-24(32)22-26-13-12-19(34-26)20(21(26)25(33)29(22)18(4-2)16-30)23(31)28-15-17-10-7-6-8-11-17/h6-8,10-11,18-22,30H,3-5,9,12-16H2,1-2H3,(H,27,32)(H,28,31)/t18-,19+,20-,21-,22?,26?/m0/s1. The van der Waals surface area contributed by atoms with E-state index in [1.165, 1.54) is 0 Å². The molecule has 3 heterocycles. The first-order valence-electron chi connectivity index (χ1n) is 12.7. The zero-order valence-corrected chi connectivity index (χ0v) is 21.0. The summed E-state index contributed by atoms with van der Waals surface area (Å²) in [6.45, 7) is 4.85. The summed E-state index contributed by atoms with van der Waals surface area (Å²) in [4.78, 5) is 42.4. The monoisotopic (exact) mass is 487 g/mol. The van der Waals surface area contributed by atoms with Crippen LogP contribution in [0.1, 0.15) is 57.9 Å². The van der Waals surface area contributed by atoms with Gasteiger partial charge in [0.1, 0.15) is 6.04 Å². The number of nitrogens with one attached hydrogen (secondary N) is 2. The third kappa shape index (κ3) is 4.35. The van der Waals surface area contributed by atoms with Crippen LogP contribution >= 0.6 is 11.8 Å². The summed E-state index contributed by atoms with van der Waals surface area (Å²) < 4.78 is -0.603. The minimum absolute atomic E-state index is 0.0384. The Morgan fingerprint density at radius 1 is 1.18 bits per heavy atom. The van der Waals surface area contributed by atoms with Gasteiger partial charge in [0, 0.05) is 18.3 Å². The lowest BCUT2D eigenvalue weighted by Crippen LogP contribution is -2.56. The molecule has 1 aromatic carbocycles. The molecule has 0 aliphatic carbocycles. The zero-order chi connectivity index (χ0) is 24.3. The molecule has 0 saturated carbocycles. The van der Waals surface area contributed by atoms with Crippen molar-refractivity contribution < 1.29 is 19.5 Å².